The molecule has 1 fully saturated rings. The number of rotatable bonds is 4. The molecule has 2 aromatic rings. The van der Waals surface area contributed by atoms with Crippen LogP contribution in [0.5, 0.6) is 0 Å². The number of hydrogen-bond donors (Lipinski definition) is 1. The summed E-state index contributed by atoms with van der Waals surface area (Å²) < 4.78 is 6.12. The predicted octanol–water partition coefficient (Wildman–Crippen LogP) is 3.53. The van der Waals surface area contributed by atoms with Gasteiger partial charge in [-0.15, -0.1) is 0 Å². The average Bonchev–Trinajstić information content (AvgIpc) is 2.80. The zero-order valence-corrected chi connectivity index (χ0v) is 12.5. The fraction of sp³-hybridized carbons (Fsp3) is 0.529. The van der Waals surface area contributed by atoms with E-state index in [1.807, 2.05) is 13.1 Å². The van der Waals surface area contributed by atoms with Crippen LogP contribution in [-0.4, -0.2) is 24.5 Å². The zero-order valence-electron chi connectivity index (χ0n) is 12.5. The molecule has 3 rings (SSSR count). The van der Waals surface area contributed by atoms with Crippen molar-refractivity contribution in [2.24, 2.45) is 0 Å². The van der Waals surface area contributed by atoms with Crippen molar-refractivity contribution in [2.45, 2.75) is 45.3 Å². The molecule has 108 valence electrons. The highest BCUT2D eigenvalue weighted by Gasteiger charge is 2.22. The molecule has 1 aromatic heterocycles. The van der Waals surface area contributed by atoms with Gasteiger partial charge in [0.05, 0.1) is 6.54 Å². The van der Waals surface area contributed by atoms with Gasteiger partial charge < -0.3 is 9.73 Å². The topological polar surface area (TPSA) is 28.4 Å². The largest absolute Gasteiger partial charge is 0.459 e. The molecule has 2 heterocycles. The van der Waals surface area contributed by atoms with Crippen LogP contribution in [0.3, 0.4) is 0 Å². The Morgan fingerprint density at radius 3 is 2.95 bits per heavy atom. The number of nitrogens with zero attached hydrogens (tertiary/aromatic N) is 1. The van der Waals surface area contributed by atoms with E-state index >= 15 is 0 Å². The van der Waals surface area contributed by atoms with Gasteiger partial charge in [0, 0.05) is 23.5 Å². The second-order valence-electron chi connectivity index (χ2n) is 5.85. The standard InChI is InChI=1S/C17H24N2O/c1-13-7-5-6-10-19(13)12-17-15(11-18-2)14-8-3-4-9-16(14)20-17/h3-4,8-9,13,18H,5-7,10-12H2,1-2H3. The fourth-order valence-electron chi connectivity index (χ4n) is 3.22. The maximum atomic E-state index is 6.12. The number of hydrogen-bond acceptors (Lipinski definition) is 3. The van der Waals surface area contributed by atoms with Gasteiger partial charge in [-0.1, -0.05) is 24.6 Å². The van der Waals surface area contributed by atoms with Crippen LogP contribution < -0.4 is 5.32 Å². The third kappa shape index (κ3) is 2.60. The molecule has 1 atom stereocenters. The number of benzene rings is 1. The molecule has 0 spiro atoms. The molecule has 0 aliphatic carbocycles. The molecule has 1 aliphatic rings. The Morgan fingerprint density at radius 1 is 1.30 bits per heavy atom. The first kappa shape index (κ1) is 13.7. The third-order valence-electron chi connectivity index (χ3n) is 4.42. The molecule has 0 amide bonds. The summed E-state index contributed by atoms with van der Waals surface area (Å²) in [4.78, 5) is 2.56. The normalized spacial score (nSPS) is 20.6. The van der Waals surface area contributed by atoms with Crippen molar-refractivity contribution in [1.82, 2.24) is 10.2 Å². The lowest BCUT2D eigenvalue weighted by Crippen LogP contribution is -2.36. The molecule has 1 aromatic carbocycles. The number of nitrogens with one attached hydrogen (secondary N) is 1. The first-order chi connectivity index (χ1) is 9.79. The molecule has 1 saturated heterocycles. The van der Waals surface area contributed by atoms with E-state index in [4.69, 9.17) is 4.42 Å². The van der Waals surface area contributed by atoms with Gasteiger partial charge in [-0.3, -0.25) is 4.90 Å². The maximum absolute atomic E-state index is 6.12. The van der Waals surface area contributed by atoms with Gasteiger partial charge >= 0.3 is 0 Å². The number of piperidine rings is 1. The van der Waals surface area contributed by atoms with Gasteiger partial charge in [-0.25, -0.2) is 0 Å². The lowest BCUT2D eigenvalue weighted by Gasteiger charge is -2.32. The van der Waals surface area contributed by atoms with Crippen LogP contribution in [0.2, 0.25) is 0 Å². The van der Waals surface area contributed by atoms with Gasteiger partial charge in [-0.2, -0.15) is 0 Å². The van der Waals surface area contributed by atoms with Gasteiger partial charge in [0.25, 0.3) is 0 Å². The summed E-state index contributed by atoms with van der Waals surface area (Å²) in [5.74, 6) is 1.13. The van der Waals surface area contributed by atoms with Crippen molar-refractivity contribution < 1.29 is 4.42 Å². The van der Waals surface area contributed by atoms with Crippen molar-refractivity contribution in [2.75, 3.05) is 13.6 Å². The molecule has 1 unspecified atom stereocenters. The molecule has 0 radical (unpaired) electrons. The summed E-state index contributed by atoms with van der Waals surface area (Å²) in [5, 5.41) is 4.52. The number of fused-ring (bicyclic) bond motifs is 1. The summed E-state index contributed by atoms with van der Waals surface area (Å²) in [6.07, 6.45) is 3.98. The second kappa shape index (κ2) is 5.98. The van der Waals surface area contributed by atoms with Crippen molar-refractivity contribution >= 4 is 11.0 Å². The zero-order chi connectivity index (χ0) is 13.9. The number of furan rings is 1. The highest BCUT2D eigenvalue weighted by Crippen LogP contribution is 2.28. The first-order valence-electron chi connectivity index (χ1n) is 7.67. The summed E-state index contributed by atoms with van der Waals surface area (Å²) in [6, 6.07) is 9.03. The molecule has 1 aliphatic heterocycles. The summed E-state index contributed by atoms with van der Waals surface area (Å²) in [6.45, 7) is 5.33. The Balaban J connectivity index is 1.91. The SMILES string of the molecule is CNCc1c(CN2CCCCC2C)oc2ccccc12. The highest BCUT2D eigenvalue weighted by molar-refractivity contribution is 5.82. The molecule has 1 N–H and O–H groups in total. The van der Waals surface area contributed by atoms with Crippen molar-refractivity contribution in [1.29, 1.82) is 0 Å². The van der Waals surface area contributed by atoms with E-state index in [1.54, 1.807) is 0 Å². The van der Waals surface area contributed by atoms with Gasteiger partial charge in [0.2, 0.25) is 0 Å². The average molecular weight is 272 g/mol. The molecule has 3 heteroatoms. The smallest absolute Gasteiger partial charge is 0.134 e. The van der Waals surface area contributed by atoms with E-state index in [1.165, 1.54) is 36.8 Å². The van der Waals surface area contributed by atoms with Gasteiger partial charge in [-0.05, 0) is 39.4 Å². The van der Waals surface area contributed by atoms with Crippen LogP contribution in [0.4, 0.5) is 0 Å². The highest BCUT2D eigenvalue weighted by atomic mass is 16.3. The van der Waals surface area contributed by atoms with Crippen LogP contribution in [-0.2, 0) is 13.1 Å². The van der Waals surface area contributed by atoms with Crippen molar-refractivity contribution in [3.63, 3.8) is 0 Å². The summed E-state index contributed by atoms with van der Waals surface area (Å²) >= 11 is 0. The van der Waals surface area contributed by atoms with E-state index in [-0.39, 0.29) is 0 Å². The maximum Gasteiger partial charge on any atom is 0.134 e. The van der Waals surface area contributed by atoms with Gasteiger partial charge in [0.15, 0.2) is 0 Å². The van der Waals surface area contributed by atoms with Crippen LogP contribution in [0.15, 0.2) is 28.7 Å². The number of likely N-dealkylation sites (tertiary alicyclic amines) is 1. The minimum atomic E-state index is 0.666. The van der Waals surface area contributed by atoms with E-state index < -0.39 is 0 Å². The molecule has 20 heavy (non-hydrogen) atoms. The van der Waals surface area contributed by atoms with E-state index in [0.717, 1.165) is 24.4 Å². The van der Waals surface area contributed by atoms with Gasteiger partial charge in [0.1, 0.15) is 11.3 Å². The van der Waals surface area contributed by atoms with Crippen LogP contribution >= 0.6 is 0 Å². The van der Waals surface area contributed by atoms with Crippen LogP contribution in [0, 0.1) is 0 Å². The third-order valence-corrected chi connectivity index (χ3v) is 4.42. The molecule has 0 bridgehead atoms. The second-order valence-corrected chi connectivity index (χ2v) is 5.85. The minimum absolute atomic E-state index is 0.666. The van der Waals surface area contributed by atoms with Crippen molar-refractivity contribution in [3.8, 4) is 0 Å². The Morgan fingerprint density at radius 2 is 2.15 bits per heavy atom. The van der Waals surface area contributed by atoms with E-state index in [0.29, 0.717) is 6.04 Å². The Bertz CT molecular complexity index is 575. The Kier molecular flexibility index (Phi) is 4.08. The Hall–Kier alpha value is -1.32. The summed E-state index contributed by atoms with van der Waals surface area (Å²) in [5.41, 5.74) is 2.33. The number of para-hydroxylation sites is 1. The summed E-state index contributed by atoms with van der Waals surface area (Å²) in [7, 11) is 2.00. The van der Waals surface area contributed by atoms with Crippen LogP contribution in [0.1, 0.15) is 37.5 Å². The van der Waals surface area contributed by atoms with E-state index in [2.05, 4.69) is 35.3 Å². The lowest BCUT2D eigenvalue weighted by atomic mass is 10.0. The molecule has 3 nitrogen and oxygen atoms in total. The quantitative estimate of drug-likeness (QED) is 0.923. The lowest BCUT2D eigenvalue weighted by molar-refractivity contribution is 0.142. The Labute approximate surface area is 120 Å². The van der Waals surface area contributed by atoms with E-state index in [9.17, 15) is 0 Å². The predicted molar refractivity (Wildman–Crippen MR) is 82.7 cm³/mol. The minimum Gasteiger partial charge on any atom is -0.459 e. The van der Waals surface area contributed by atoms with Crippen LogP contribution in [0.25, 0.3) is 11.0 Å². The van der Waals surface area contributed by atoms with Crippen molar-refractivity contribution in [3.05, 3.63) is 35.6 Å². The molecular weight excluding hydrogens is 248 g/mol. The molecule has 0 saturated carbocycles. The first-order valence-corrected chi connectivity index (χ1v) is 7.67. The fourth-order valence-corrected chi connectivity index (χ4v) is 3.22. The monoisotopic (exact) mass is 272 g/mol. The molecular formula is C17H24N2O.